The molecule has 0 aromatic heterocycles. The van der Waals surface area contributed by atoms with Crippen LogP contribution in [0.4, 0.5) is 5.69 Å². The molecule has 1 aromatic carbocycles. The van der Waals surface area contributed by atoms with Gasteiger partial charge in [-0.25, -0.2) is 0 Å². The maximum absolute atomic E-state index is 12.2. The van der Waals surface area contributed by atoms with Gasteiger partial charge in [0.15, 0.2) is 0 Å². The van der Waals surface area contributed by atoms with Crippen LogP contribution >= 0.6 is 24.8 Å². The van der Waals surface area contributed by atoms with Gasteiger partial charge in [-0.1, -0.05) is 26.0 Å². The lowest BCUT2D eigenvalue weighted by molar-refractivity contribution is 0.0886. The van der Waals surface area contributed by atoms with Crippen molar-refractivity contribution in [2.45, 2.75) is 26.8 Å². The van der Waals surface area contributed by atoms with Gasteiger partial charge in [-0.2, -0.15) is 0 Å². The Morgan fingerprint density at radius 1 is 1.29 bits per heavy atom. The standard InChI is InChI=1S/C15H25N3O.2ClH/c1-11(15(2,3)10-18(4)5)17-14(19)12-8-6-7-9-13(12)16;;/h6-9,11H,10,16H2,1-5H3,(H,17,19);2*1H. The number of amides is 1. The van der Waals surface area contributed by atoms with E-state index in [1.807, 2.05) is 33.2 Å². The van der Waals surface area contributed by atoms with Crippen molar-refractivity contribution >= 4 is 36.4 Å². The SMILES string of the molecule is CC(NC(=O)c1ccccc1N)C(C)(C)CN(C)C.Cl.Cl. The number of benzene rings is 1. The van der Waals surface area contributed by atoms with Gasteiger partial charge < -0.3 is 16.0 Å². The number of rotatable bonds is 5. The van der Waals surface area contributed by atoms with Crippen LogP contribution in [0.1, 0.15) is 31.1 Å². The van der Waals surface area contributed by atoms with Crippen molar-refractivity contribution in [2.75, 3.05) is 26.4 Å². The minimum absolute atomic E-state index is 0. The Morgan fingerprint density at radius 2 is 1.81 bits per heavy atom. The second-order valence-electron chi connectivity index (χ2n) is 6.01. The van der Waals surface area contributed by atoms with E-state index in [4.69, 9.17) is 5.73 Å². The first-order valence-corrected chi connectivity index (χ1v) is 6.54. The molecule has 122 valence electrons. The average molecular weight is 336 g/mol. The zero-order chi connectivity index (χ0) is 14.6. The summed E-state index contributed by atoms with van der Waals surface area (Å²) in [5.41, 5.74) is 6.86. The molecule has 0 aliphatic rings. The number of para-hydroxylation sites is 1. The van der Waals surface area contributed by atoms with E-state index in [0.29, 0.717) is 11.3 Å². The summed E-state index contributed by atoms with van der Waals surface area (Å²) >= 11 is 0. The molecule has 1 rings (SSSR count). The van der Waals surface area contributed by atoms with Crippen LogP contribution in [0.5, 0.6) is 0 Å². The predicted molar refractivity (Wildman–Crippen MR) is 94.6 cm³/mol. The summed E-state index contributed by atoms with van der Waals surface area (Å²) in [7, 11) is 4.07. The van der Waals surface area contributed by atoms with Crippen molar-refractivity contribution in [3.8, 4) is 0 Å². The summed E-state index contributed by atoms with van der Waals surface area (Å²) in [6, 6.07) is 7.19. The molecule has 0 heterocycles. The topological polar surface area (TPSA) is 58.4 Å². The third kappa shape index (κ3) is 6.55. The molecule has 1 aromatic rings. The Bertz CT molecular complexity index is 450. The molecule has 0 aliphatic carbocycles. The molecule has 0 saturated carbocycles. The molecule has 1 unspecified atom stereocenters. The van der Waals surface area contributed by atoms with Crippen molar-refractivity contribution in [1.29, 1.82) is 0 Å². The van der Waals surface area contributed by atoms with Crippen LogP contribution in [0, 0.1) is 5.41 Å². The Hall–Kier alpha value is -0.970. The Labute approximate surface area is 140 Å². The van der Waals surface area contributed by atoms with E-state index < -0.39 is 0 Å². The van der Waals surface area contributed by atoms with Crippen molar-refractivity contribution in [3.05, 3.63) is 29.8 Å². The number of carbonyl (C=O) groups is 1. The lowest BCUT2D eigenvalue weighted by atomic mass is 9.84. The van der Waals surface area contributed by atoms with Crippen LogP contribution < -0.4 is 11.1 Å². The van der Waals surface area contributed by atoms with Gasteiger partial charge in [-0.15, -0.1) is 24.8 Å². The highest BCUT2D eigenvalue weighted by Crippen LogP contribution is 2.22. The molecule has 3 N–H and O–H groups in total. The molecule has 4 nitrogen and oxygen atoms in total. The number of nitrogens with zero attached hydrogens (tertiary/aromatic N) is 1. The number of hydrogen-bond donors (Lipinski definition) is 2. The monoisotopic (exact) mass is 335 g/mol. The summed E-state index contributed by atoms with van der Waals surface area (Å²) in [6.07, 6.45) is 0. The quantitative estimate of drug-likeness (QED) is 0.813. The van der Waals surface area contributed by atoms with E-state index in [1.165, 1.54) is 0 Å². The summed E-state index contributed by atoms with van der Waals surface area (Å²) in [6.45, 7) is 7.22. The fourth-order valence-electron chi connectivity index (χ4n) is 2.13. The van der Waals surface area contributed by atoms with Gasteiger partial charge in [0.05, 0.1) is 5.56 Å². The van der Waals surface area contributed by atoms with E-state index >= 15 is 0 Å². The maximum atomic E-state index is 12.2. The van der Waals surface area contributed by atoms with E-state index in [1.54, 1.807) is 12.1 Å². The molecule has 1 atom stereocenters. The molecule has 0 radical (unpaired) electrons. The molecule has 1 amide bonds. The van der Waals surface area contributed by atoms with Gasteiger partial charge >= 0.3 is 0 Å². The van der Waals surface area contributed by atoms with Crippen LogP contribution in [0.15, 0.2) is 24.3 Å². The van der Waals surface area contributed by atoms with Crippen molar-refractivity contribution in [1.82, 2.24) is 10.2 Å². The Balaban J connectivity index is 0. The number of hydrogen-bond acceptors (Lipinski definition) is 3. The van der Waals surface area contributed by atoms with Gasteiger partial charge in [0.25, 0.3) is 5.91 Å². The second-order valence-corrected chi connectivity index (χ2v) is 6.01. The number of nitrogens with two attached hydrogens (primary N) is 1. The summed E-state index contributed by atoms with van der Waals surface area (Å²) < 4.78 is 0. The highest BCUT2D eigenvalue weighted by Gasteiger charge is 2.28. The predicted octanol–water partition coefficient (Wildman–Crippen LogP) is 2.82. The lowest BCUT2D eigenvalue weighted by Crippen LogP contribution is -2.47. The Morgan fingerprint density at radius 3 is 2.29 bits per heavy atom. The summed E-state index contributed by atoms with van der Waals surface area (Å²) in [5, 5.41) is 3.04. The number of anilines is 1. The number of halogens is 2. The van der Waals surface area contributed by atoms with E-state index in [2.05, 4.69) is 24.1 Å². The van der Waals surface area contributed by atoms with E-state index in [9.17, 15) is 4.79 Å². The van der Waals surface area contributed by atoms with Crippen LogP contribution in [0.25, 0.3) is 0 Å². The first-order chi connectivity index (χ1) is 8.74. The maximum Gasteiger partial charge on any atom is 0.253 e. The Kier molecular flexibility index (Phi) is 9.70. The third-order valence-corrected chi connectivity index (χ3v) is 3.45. The third-order valence-electron chi connectivity index (χ3n) is 3.45. The van der Waals surface area contributed by atoms with Gasteiger partial charge in [0.1, 0.15) is 0 Å². The summed E-state index contributed by atoms with van der Waals surface area (Å²) in [4.78, 5) is 14.3. The van der Waals surface area contributed by atoms with Gasteiger partial charge in [-0.05, 0) is 38.6 Å². The molecule has 6 heteroatoms. The minimum atomic E-state index is -0.113. The van der Waals surface area contributed by atoms with E-state index in [-0.39, 0.29) is 42.2 Å². The fraction of sp³-hybridized carbons (Fsp3) is 0.533. The largest absolute Gasteiger partial charge is 0.398 e. The average Bonchev–Trinajstić information content (AvgIpc) is 2.27. The normalized spacial score (nSPS) is 12.1. The zero-order valence-corrected chi connectivity index (χ0v) is 15.0. The van der Waals surface area contributed by atoms with Crippen LogP contribution in [0.2, 0.25) is 0 Å². The van der Waals surface area contributed by atoms with Crippen molar-refractivity contribution in [3.63, 3.8) is 0 Å². The zero-order valence-electron chi connectivity index (χ0n) is 13.3. The molecular weight excluding hydrogens is 309 g/mol. The first-order valence-electron chi connectivity index (χ1n) is 6.54. The first kappa shape index (κ1) is 22.3. The van der Waals surface area contributed by atoms with E-state index in [0.717, 1.165) is 6.54 Å². The fourth-order valence-corrected chi connectivity index (χ4v) is 2.13. The molecule has 0 bridgehead atoms. The minimum Gasteiger partial charge on any atom is -0.398 e. The van der Waals surface area contributed by atoms with Crippen LogP contribution in [-0.4, -0.2) is 37.5 Å². The molecule has 0 saturated heterocycles. The van der Waals surface area contributed by atoms with Gasteiger partial charge in [0.2, 0.25) is 0 Å². The molecule has 0 fully saturated rings. The molecule has 0 spiro atoms. The second kappa shape index (κ2) is 9.13. The number of nitrogens with one attached hydrogen (secondary N) is 1. The highest BCUT2D eigenvalue weighted by atomic mass is 35.5. The molecule has 21 heavy (non-hydrogen) atoms. The number of carbonyl (C=O) groups excluding carboxylic acids is 1. The molecular formula is C15H27Cl2N3O. The summed E-state index contributed by atoms with van der Waals surface area (Å²) in [5.74, 6) is -0.113. The van der Waals surface area contributed by atoms with Gasteiger partial charge in [0, 0.05) is 18.3 Å². The van der Waals surface area contributed by atoms with Crippen LogP contribution in [-0.2, 0) is 0 Å². The van der Waals surface area contributed by atoms with Gasteiger partial charge in [-0.3, -0.25) is 4.79 Å². The van der Waals surface area contributed by atoms with Crippen molar-refractivity contribution in [2.24, 2.45) is 5.41 Å². The lowest BCUT2D eigenvalue weighted by Gasteiger charge is -2.35. The van der Waals surface area contributed by atoms with Crippen LogP contribution in [0.3, 0.4) is 0 Å². The smallest absolute Gasteiger partial charge is 0.253 e. The number of nitrogen functional groups attached to an aromatic ring is 1. The highest BCUT2D eigenvalue weighted by molar-refractivity contribution is 5.99. The van der Waals surface area contributed by atoms with Crippen molar-refractivity contribution < 1.29 is 4.79 Å². The molecule has 0 aliphatic heterocycles.